The standard InChI is InChI=1S/C12H21N3O2/c1-10(12(16)17-4)9-14(2)8-6-11-5-7-13-15(11)3/h5,7,10H,6,8-9H2,1-4H3. The highest BCUT2D eigenvalue weighted by Crippen LogP contribution is 2.03. The fourth-order valence-electron chi connectivity index (χ4n) is 1.79. The highest BCUT2D eigenvalue weighted by molar-refractivity contribution is 5.71. The first-order chi connectivity index (χ1) is 8.04. The van der Waals surface area contributed by atoms with E-state index >= 15 is 0 Å². The third-order valence-corrected chi connectivity index (χ3v) is 2.86. The highest BCUT2D eigenvalue weighted by Gasteiger charge is 2.15. The van der Waals surface area contributed by atoms with Gasteiger partial charge in [-0.1, -0.05) is 6.92 Å². The molecule has 17 heavy (non-hydrogen) atoms. The second-order valence-electron chi connectivity index (χ2n) is 4.38. The second-order valence-corrected chi connectivity index (χ2v) is 4.38. The van der Waals surface area contributed by atoms with E-state index in [4.69, 9.17) is 4.74 Å². The van der Waals surface area contributed by atoms with Gasteiger partial charge in [-0.05, 0) is 13.1 Å². The van der Waals surface area contributed by atoms with Crippen LogP contribution in [-0.4, -0.2) is 47.9 Å². The predicted octanol–water partition coefficient (Wildman–Crippen LogP) is 0.703. The summed E-state index contributed by atoms with van der Waals surface area (Å²) >= 11 is 0. The zero-order valence-electron chi connectivity index (χ0n) is 11.0. The number of aromatic nitrogens is 2. The highest BCUT2D eigenvalue weighted by atomic mass is 16.5. The molecule has 1 aromatic rings. The largest absolute Gasteiger partial charge is 0.469 e. The van der Waals surface area contributed by atoms with Gasteiger partial charge in [-0.15, -0.1) is 0 Å². The molecule has 0 aliphatic heterocycles. The van der Waals surface area contributed by atoms with Crippen LogP contribution in [0.15, 0.2) is 12.3 Å². The van der Waals surface area contributed by atoms with E-state index < -0.39 is 0 Å². The Bertz CT molecular complexity index is 362. The molecule has 1 rings (SSSR count). The molecule has 0 aliphatic rings. The van der Waals surface area contributed by atoms with Crippen LogP contribution in [0.2, 0.25) is 0 Å². The Morgan fingerprint density at radius 1 is 1.65 bits per heavy atom. The molecule has 0 spiro atoms. The van der Waals surface area contributed by atoms with E-state index in [9.17, 15) is 4.79 Å². The van der Waals surface area contributed by atoms with Crippen molar-refractivity contribution >= 4 is 5.97 Å². The Morgan fingerprint density at radius 3 is 2.88 bits per heavy atom. The molecule has 0 aromatic carbocycles. The molecule has 96 valence electrons. The van der Waals surface area contributed by atoms with Crippen LogP contribution < -0.4 is 0 Å². The molecule has 1 unspecified atom stereocenters. The first-order valence-electron chi connectivity index (χ1n) is 5.78. The minimum atomic E-state index is -0.155. The Morgan fingerprint density at radius 2 is 2.35 bits per heavy atom. The quantitative estimate of drug-likeness (QED) is 0.686. The fourth-order valence-corrected chi connectivity index (χ4v) is 1.79. The normalized spacial score (nSPS) is 12.8. The molecule has 0 bridgehead atoms. The monoisotopic (exact) mass is 239 g/mol. The van der Waals surface area contributed by atoms with Crippen molar-refractivity contribution in [2.75, 3.05) is 27.2 Å². The summed E-state index contributed by atoms with van der Waals surface area (Å²) in [5.74, 6) is -0.242. The predicted molar refractivity (Wildman–Crippen MR) is 65.6 cm³/mol. The summed E-state index contributed by atoms with van der Waals surface area (Å²) in [6.45, 7) is 3.50. The van der Waals surface area contributed by atoms with Gasteiger partial charge in [-0.3, -0.25) is 9.48 Å². The van der Waals surface area contributed by atoms with Crippen LogP contribution >= 0.6 is 0 Å². The third-order valence-electron chi connectivity index (χ3n) is 2.86. The molecule has 0 saturated heterocycles. The van der Waals surface area contributed by atoms with E-state index in [-0.39, 0.29) is 11.9 Å². The van der Waals surface area contributed by atoms with Crippen molar-refractivity contribution < 1.29 is 9.53 Å². The lowest BCUT2D eigenvalue weighted by atomic mass is 10.1. The van der Waals surface area contributed by atoms with E-state index in [0.29, 0.717) is 6.54 Å². The maximum Gasteiger partial charge on any atom is 0.309 e. The van der Waals surface area contributed by atoms with Crippen molar-refractivity contribution in [1.29, 1.82) is 0 Å². The summed E-state index contributed by atoms with van der Waals surface area (Å²) in [5.41, 5.74) is 1.20. The number of carbonyl (C=O) groups is 1. The van der Waals surface area contributed by atoms with Gasteiger partial charge in [0.25, 0.3) is 0 Å². The van der Waals surface area contributed by atoms with Gasteiger partial charge in [-0.25, -0.2) is 0 Å². The van der Waals surface area contributed by atoms with Crippen molar-refractivity contribution in [1.82, 2.24) is 14.7 Å². The molecule has 0 radical (unpaired) electrons. The van der Waals surface area contributed by atoms with Gasteiger partial charge in [0.1, 0.15) is 0 Å². The first-order valence-corrected chi connectivity index (χ1v) is 5.78. The van der Waals surface area contributed by atoms with Gasteiger partial charge < -0.3 is 9.64 Å². The number of esters is 1. The Kier molecular flexibility index (Phi) is 5.15. The molecule has 0 amide bonds. The molecule has 1 aromatic heterocycles. The van der Waals surface area contributed by atoms with Gasteiger partial charge in [0.05, 0.1) is 13.0 Å². The van der Waals surface area contributed by atoms with Crippen LogP contribution in [0.3, 0.4) is 0 Å². The molecular weight excluding hydrogens is 218 g/mol. The lowest BCUT2D eigenvalue weighted by Gasteiger charge is -2.19. The van der Waals surface area contributed by atoms with E-state index in [0.717, 1.165) is 13.0 Å². The van der Waals surface area contributed by atoms with Gasteiger partial charge in [0.15, 0.2) is 0 Å². The number of hydrogen-bond acceptors (Lipinski definition) is 4. The molecule has 0 N–H and O–H groups in total. The lowest BCUT2D eigenvalue weighted by molar-refractivity contribution is -0.145. The number of carbonyl (C=O) groups excluding carboxylic acids is 1. The van der Waals surface area contributed by atoms with Crippen molar-refractivity contribution in [3.8, 4) is 0 Å². The van der Waals surface area contributed by atoms with Crippen molar-refractivity contribution in [2.24, 2.45) is 13.0 Å². The van der Waals surface area contributed by atoms with Gasteiger partial charge >= 0.3 is 5.97 Å². The SMILES string of the molecule is COC(=O)C(C)CN(C)CCc1ccnn1C. The Hall–Kier alpha value is -1.36. The maximum atomic E-state index is 11.3. The summed E-state index contributed by atoms with van der Waals surface area (Å²) in [6.07, 6.45) is 2.73. The van der Waals surface area contributed by atoms with Crippen molar-refractivity contribution in [2.45, 2.75) is 13.3 Å². The van der Waals surface area contributed by atoms with Crippen LogP contribution in [0, 0.1) is 5.92 Å². The van der Waals surface area contributed by atoms with Crippen LogP contribution in [-0.2, 0) is 23.0 Å². The smallest absolute Gasteiger partial charge is 0.309 e. The molecule has 1 atom stereocenters. The fraction of sp³-hybridized carbons (Fsp3) is 0.667. The number of nitrogens with zero attached hydrogens (tertiary/aromatic N) is 3. The Labute approximate surface area is 102 Å². The van der Waals surface area contributed by atoms with Crippen LogP contribution in [0.1, 0.15) is 12.6 Å². The summed E-state index contributed by atoms with van der Waals surface area (Å²) in [7, 11) is 5.37. The minimum absolute atomic E-state index is 0.0865. The van der Waals surface area contributed by atoms with E-state index in [2.05, 4.69) is 10.00 Å². The molecular formula is C12H21N3O2. The summed E-state index contributed by atoms with van der Waals surface area (Å²) in [6, 6.07) is 2.01. The summed E-state index contributed by atoms with van der Waals surface area (Å²) in [5, 5.41) is 4.12. The van der Waals surface area contributed by atoms with Crippen molar-refractivity contribution in [3.05, 3.63) is 18.0 Å². The average molecular weight is 239 g/mol. The minimum Gasteiger partial charge on any atom is -0.469 e. The number of hydrogen-bond donors (Lipinski definition) is 0. The molecule has 0 saturated carbocycles. The average Bonchev–Trinajstić information content (AvgIpc) is 2.71. The lowest BCUT2D eigenvalue weighted by Crippen LogP contribution is -2.31. The Balaban J connectivity index is 2.33. The summed E-state index contributed by atoms with van der Waals surface area (Å²) in [4.78, 5) is 13.4. The van der Waals surface area contributed by atoms with E-state index in [1.807, 2.05) is 31.8 Å². The van der Waals surface area contributed by atoms with E-state index in [1.165, 1.54) is 12.8 Å². The first kappa shape index (κ1) is 13.7. The van der Waals surface area contributed by atoms with E-state index in [1.54, 1.807) is 6.20 Å². The zero-order chi connectivity index (χ0) is 12.8. The molecule has 1 heterocycles. The third kappa shape index (κ3) is 4.19. The number of likely N-dealkylation sites (N-methyl/N-ethyl adjacent to an activating group) is 1. The molecule has 0 aliphatic carbocycles. The topological polar surface area (TPSA) is 47.4 Å². The number of rotatable bonds is 6. The maximum absolute atomic E-state index is 11.3. The van der Waals surface area contributed by atoms with Crippen molar-refractivity contribution in [3.63, 3.8) is 0 Å². The van der Waals surface area contributed by atoms with Gasteiger partial charge in [0.2, 0.25) is 0 Å². The second kappa shape index (κ2) is 6.39. The van der Waals surface area contributed by atoms with Crippen LogP contribution in [0.5, 0.6) is 0 Å². The molecule has 0 fully saturated rings. The number of aryl methyl sites for hydroxylation is 1. The number of ether oxygens (including phenoxy) is 1. The number of methoxy groups -OCH3 is 1. The van der Waals surface area contributed by atoms with Gasteiger partial charge in [-0.2, -0.15) is 5.10 Å². The molecule has 5 heteroatoms. The van der Waals surface area contributed by atoms with Crippen LogP contribution in [0.4, 0.5) is 0 Å². The van der Waals surface area contributed by atoms with Crippen LogP contribution in [0.25, 0.3) is 0 Å². The molecule has 5 nitrogen and oxygen atoms in total. The summed E-state index contributed by atoms with van der Waals surface area (Å²) < 4.78 is 6.58. The van der Waals surface area contributed by atoms with Gasteiger partial charge in [0, 0.05) is 38.4 Å². The zero-order valence-corrected chi connectivity index (χ0v) is 11.0.